The van der Waals surface area contributed by atoms with E-state index in [1.54, 1.807) is 16.3 Å². The number of carbonyl (C=O) groups excluding carboxylic acids is 2. The predicted octanol–water partition coefficient (Wildman–Crippen LogP) is 1.44. The zero-order chi connectivity index (χ0) is 15.8. The number of carboxylic acids is 1. The number of likely N-dealkylation sites (N-methyl/N-ethyl adjacent to an activating group) is 1. The second-order valence-corrected chi connectivity index (χ2v) is 5.04. The zero-order valence-corrected chi connectivity index (χ0v) is 12.8. The van der Waals surface area contributed by atoms with Gasteiger partial charge in [-0.15, -0.1) is 11.3 Å². The topological polar surface area (TPSA) is 86.7 Å². The zero-order valence-electron chi connectivity index (χ0n) is 12.0. The molecule has 2 amide bonds. The molecule has 0 bridgehead atoms. The quantitative estimate of drug-likeness (QED) is 0.746. The number of carboxylic acid groups (broad SMARTS) is 1. The highest BCUT2D eigenvalue weighted by molar-refractivity contribution is 7.12. The number of nitrogens with zero attached hydrogens (tertiary/aromatic N) is 1. The summed E-state index contributed by atoms with van der Waals surface area (Å²) in [6, 6.07) is 1.66. The Morgan fingerprint density at radius 1 is 1.33 bits per heavy atom. The molecule has 2 N–H and O–H groups in total. The molecule has 0 fully saturated rings. The summed E-state index contributed by atoms with van der Waals surface area (Å²) in [5.74, 6) is -1.60. The third-order valence-electron chi connectivity index (χ3n) is 2.82. The first-order chi connectivity index (χ1) is 9.99. The lowest BCUT2D eigenvalue weighted by atomic mass is 10.2. The number of thiophene rings is 1. The summed E-state index contributed by atoms with van der Waals surface area (Å²) < 4.78 is 0. The van der Waals surface area contributed by atoms with E-state index in [0.717, 1.165) is 6.08 Å². The molecule has 0 spiro atoms. The Kier molecular flexibility index (Phi) is 6.61. The Balaban J connectivity index is 2.67. The van der Waals surface area contributed by atoms with Crippen LogP contribution in [-0.2, 0) is 9.59 Å². The molecule has 6 nitrogen and oxygen atoms in total. The number of amides is 2. The minimum atomic E-state index is -1.08. The van der Waals surface area contributed by atoms with Gasteiger partial charge in [-0.3, -0.25) is 9.59 Å². The van der Waals surface area contributed by atoms with E-state index in [2.05, 4.69) is 5.32 Å². The number of hydrogen-bond donors (Lipinski definition) is 2. The van der Waals surface area contributed by atoms with Crippen molar-refractivity contribution in [2.75, 3.05) is 19.6 Å². The van der Waals surface area contributed by atoms with E-state index in [9.17, 15) is 14.4 Å². The van der Waals surface area contributed by atoms with Gasteiger partial charge < -0.3 is 15.3 Å². The van der Waals surface area contributed by atoms with Crippen LogP contribution < -0.4 is 5.32 Å². The normalized spacial score (nSPS) is 10.6. The molecule has 1 heterocycles. The number of rotatable bonds is 7. The van der Waals surface area contributed by atoms with Crippen LogP contribution in [0.3, 0.4) is 0 Å². The molecule has 0 aliphatic rings. The molecule has 7 heteroatoms. The van der Waals surface area contributed by atoms with E-state index < -0.39 is 5.97 Å². The first-order valence-corrected chi connectivity index (χ1v) is 7.42. The van der Waals surface area contributed by atoms with Crippen molar-refractivity contribution >= 4 is 35.2 Å². The summed E-state index contributed by atoms with van der Waals surface area (Å²) in [5.41, 5.74) is 0.523. The van der Waals surface area contributed by atoms with Gasteiger partial charge in [-0.1, -0.05) is 0 Å². The second kappa shape index (κ2) is 8.21. The van der Waals surface area contributed by atoms with Crippen molar-refractivity contribution in [1.82, 2.24) is 10.2 Å². The lowest BCUT2D eigenvalue weighted by molar-refractivity contribution is -0.131. The van der Waals surface area contributed by atoms with Crippen molar-refractivity contribution in [2.45, 2.75) is 13.8 Å². The van der Waals surface area contributed by atoms with Crippen LogP contribution in [0.25, 0.3) is 6.08 Å². The molecular formula is C14H18N2O4S. The molecule has 0 saturated carbocycles. The summed E-state index contributed by atoms with van der Waals surface area (Å²) in [6.45, 7) is 4.86. The minimum Gasteiger partial charge on any atom is -0.478 e. The molecule has 1 aromatic heterocycles. The molecule has 0 aliphatic carbocycles. The van der Waals surface area contributed by atoms with E-state index in [-0.39, 0.29) is 18.4 Å². The maximum atomic E-state index is 12.0. The Morgan fingerprint density at radius 3 is 2.57 bits per heavy atom. The Labute approximate surface area is 127 Å². The van der Waals surface area contributed by atoms with Gasteiger partial charge in [0.25, 0.3) is 5.91 Å². The predicted molar refractivity (Wildman–Crippen MR) is 81.3 cm³/mol. The van der Waals surface area contributed by atoms with Crippen molar-refractivity contribution < 1.29 is 19.5 Å². The lowest BCUT2D eigenvalue weighted by Crippen LogP contribution is -2.39. The number of hydrogen-bond acceptors (Lipinski definition) is 4. The van der Waals surface area contributed by atoms with Crippen molar-refractivity contribution in [1.29, 1.82) is 0 Å². The van der Waals surface area contributed by atoms with E-state index in [1.165, 1.54) is 17.4 Å². The fraction of sp³-hybridized carbons (Fsp3) is 0.357. The molecule has 21 heavy (non-hydrogen) atoms. The lowest BCUT2D eigenvalue weighted by Gasteiger charge is -2.18. The van der Waals surface area contributed by atoms with Crippen LogP contribution in [0, 0.1) is 0 Å². The third-order valence-corrected chi connectivity index (χ3v) is 3.75. The van der Waals surface area contributed by atoms with E-state index in [4.69, 9.17) is 5.11 Å². The molecule has 0 aromatic carbocycles. The van der Waals surface area contributed by atoms with Gasteiger partial charge in [-0.05, 0) is 36.9 Å². The SMILES string of the molecule is CCN(CC)C(=O)CNC(=O)c1sccc1/C=C/C(=O)O. The maximum Gasteiger partial charge on any atom is 0.328 e. The van der Waals surface area contributed by atoms with E-state index in [1.807, 2.05) is 13.8 Å². The summed E-state index contributed by atoms with van der Waals surface area (Å²) in [7, 11) is 0. The van der Waals surface area contributed by atoms with Gasteiger partial charge >= 0.3 is 5.97 Å². The molecule has 1 rings (SSSR count). The van der Waals surface area contributed by atoms with Crippen molar-refractivity contribution in [3.8, 4) is 0 Å². The number of nitrogens with one attached hydrogen (secondary N) is 1. The van der Waals surface area contributed by atoms with Gasteiger partial charge in [0.15, 0.2) is 0 Å². The summed E-state index contributed by atoms with van der Waals surface area (Å²) >= 11 is 1.20. The first-order valence-electron chi connectivity index (χ1n) is 6.54. The van der Waals surface area contributed by atoms with Gasteiger partial charge in [0.1, 0.15) is 0 Å². The minimum absolute atomic E-state index is 0.0690. The molecule has 0 radical (unpaired) electrons. The van der Waals surface area contributed by atoms with Gasteiger partial charge in [-0.2, -0.15) is 0 Å². The number of carbonyl (C=O) groups is 3. The second-order valence-electron chi connectivity index (χ2n) is 4.13. The highest BCUT2D eigenvalue weighted by Crippen LogP contribution is 2.18. The van der Waals surface area contributed by atoms with Gasteiger partial charge in [0, 0.05) is 19.2 Å². The molecule has 0 saturated heterocycles. The van der Waals surface area contributed by atoms with Crippen molar-refractivity contribution in [3.05, 3.63) is 28.0 Å². The van der Waals surface area contributed by atoms with Gasteiger partial charge in [-0.25, -0.2) is 4.79 Å². The van der Waals surface area contributed by atoms with Crippen LogP contribution in [0.2, 0.25) is 0 Å². The van der Waals surface area contributed by atoms with E-state index in [0.29, 0.717) is 23.5 Å². The molecule has 0 unspecified atom stereocenters. The first kappa shape index (κ1) is 16.9. The summed E-state index contributed by atoms with van der Waals surface area (Å²) in [5, 5.41) is 12.9. The molecule has 1 aromatic rings. The Hall–Kier alpha value is -2.15. The largest absolute Gasteiger partial charge is 0.478 e. The van der Waals surface area contributed by atoms with Crippen LogP contribution in [0.1, 0.15) is 29.1 Å². The van der Waals surface area contributed by atoms with Crippen molar-refractivity contribution in [3.63, 3.8) is 0 Å². The third kappa shape index (κ3) is 5.03. The van der Waals surface area contributed by atoms with Crippen LogP contribution in [-0.4, -0.2) is 47.4 Å². The standard InChI is InChI=1S/C14H18N2O4S/c1-3-16(4-2)11(17)9-15-14(20)13-10(7-8-21-13)5-6-12(18)19/h5-8H,3-4,9H2,1-2H3,(H,15,20)(H,18,19)/b6-5+. The van der Waals surface area contributed by atoms with Crippen LogP contribution in [0.15, 0.2) is 17.5 Å². The Morgan fingerprint density at radius 2 is 2.00 bits per heavy atom. The molecule has 0 atom stereocenters. The van der Waals surface area contributed by atoms with Gasteiger partial charge in [0.05, 0.1) is 11.4 Å². The highest BCUT2D eigenvalue weighted by atomic mass is 32.1. The van der Waals surface area contributed by atoms with E-state index >= 15 is 0 Å². The fourth-order valence-corrected chi connectivity index (χ4v) is 2.52. The molecule has 0 aliphatic heterocycles. The van der Waals surface area contributed by atoms with Crippen LogP contribution in [0.4, 0.5) is 0 Å². The van der Waals surface area contributed by atoms with Crippen molar-refractivity contribution in [2.24, 2.45) is 0 Å². The maximum absolute atomic E-state index is 12.0. The highest BCUT2D eigenvalue weighted by Gasteiger charge is 2.15. The smallest absolute Gasteiger partial charge is 0.328 e. The average Bonchev–Trinajstić information content (AvgIpc) is 2.92. The Bertz CT molecular complexity index is 547. The van der Waals surface area contributed by atoms with Crippen LogP contribution >= 0.6 is 11.3 Å². The average molecular weight is 310 g/mol. The van der Waals surface area contributed by atoms with Gasteiger partial charge in [0.2, 0.25) is 5.91 Å². The number of aliphatic carboxylic acids is 1. The summed E-state index contributed by atoms with van der Waals surface area (Å²) in [4.78, 5) is 36.3. The summed E-state index contributed by atoms with van der Waals surface area (Å²) in [6.07, 6.45) is 2.33. The monoisotopic (exact) mass is 310 g/mol. The fourth-order valence-electron chi connectivity index (χ4n) is 1.72. The molecule has 114 valence electrons. The molecular weight excluding hydrogens is 292 g/mol. The van der Waals surface area contributed by atoms with Crippen LogP contribution in [0.5, 0.6) is 0 Å².